The Morgan fingerprint density at radius 2 is 1.92 bits per heavy atom. The molecule has 1 spiro atoms. The van der Waals surface area contributed by atoms with E-state index in [0.29, 0.717) is 16.8 Å². The summed E-state index contributed by atoms with van der Waals surface area (Å²) < 4.78 is 5.16. The lowest BCUT2D eigenvalue weighted by molar-refractivity contribution is -0.384. The van der Waals surface area contributed by atoms with Crippen molar-refractivity contribution in [3.8, 4) is 0 Å². The van der Waals surface area contributed by atoms with Crippen LogP contribution in [-0.4, -0.2) is 70.9 Å². The number of nitrogens with zero attached hydrogens (tertiary/aromatic N) is 4. The van der Waals surface area contributed by atoms with Crippen molar-refractivity contribution in [2.24, 2.45) is 5.41 Å². The van der Waals surface area contributed by atoms with Crippen molar-refractivity contribution in [2.75, 3.05) is 31.1 Å². The van der Waals surface area contributed by atoms with Gasteiger partial charge in [0.15, 0.2) is 5.41 Å². The van der Waals surface area contributed by atoms with Crippen LogP contribution in [-0.2, 0) is 27.3 Å². The molecule has 2 atom stereocenters. The number of carbonyl (C=O) groups is 4. The minimum Gasteiger partial charge on any atom is -0.450 e. The van der Waals surface area contributed by atoms with Crippen LogP contribution in [0, 0.1) is 15.5 Å². The smallest absolute Gasteiger partial charge is 0.409 e. The molecule has 0 aliphatic carbocycles. The molecule has 3 aliphatic heterocycles. The molecule has 0 aromatic heterocycles. The Morgan fingerprint density at radius 3 is 2.62 bits per heavy atom. The average Bonchev–Trinajstić information content (AvgIpc) is 2.90. The first kappa shape index (κ1) is 24.2. The molecule has 5 amide bonds. The molecule has 0 bridgehead atoms. The zero-order chi connectivity index (χ0) is 26.3. The van der Waals surface area contributed by atoms with E-state index in [0.717, 1.165) is 4.90 Å². The molecular weight excluding hydrogens is 482 g/mol. The highest BCUT2D eigenvalue weighted by atomic mass is 16.6. The number of rotatable bonds is 4. The number of nitro benzene ring substituents is 1. The molecule has 2 unspecified atom stereocenters. The highest BCUT2D eigenvalue weighted by Crippen LogP contribution is 2.46. The summed E-state index contributed by atoms with van der Waals surface area (Å²) >= 11 is 0. The second-order valence-corrected chi connectivity index (χ2v) is 9.21. The van der Waals surface area contributed by atoms with Gasteiger partial charge in [0, 0.05) is 43.9 Å². The molecule has 192 valence electrons. The van der Waals surface area contributed by atoms with E-state index >= 15 is 0 Å². The normalized spacial score (nSPS) is 22.9. The maximum absolute atomic E-state index is 14.2. The number of urea groups is 1. The molecule has 2 aromatic carbocycles. The Kier molecular flexibility index (Phi) is 6.02. The van der Waals surface area contributed by atoms with Crippen molar-refractivity contribution in [1.29, 1.82) is 0 Å². The van der Waals surface area contributed by atoms with E-state index < -0.39 is 40.3 Å². The predicted molar refractivity (Wildman–Crippen MR) is 129 cm³/mol. The number of piperazine rings is 1. The number of non-ortho nitro benzene ring substituents is 1. The van der Waals surface area contributed by atoms with Crippen LogP contribution in [0.4, 0.5) is 21.0 Å². The van der Waals surface area contributed by atoms with Gasteiger partial charge in [0.25, 0.3) is 5.69 Å². The number of barbiturate groups is 1. The van der Waals surface area contributed by atoms with Gasteiger partial charge < -0.3 is 14.5 Å². The average molecular weight is 508 g/mol. The third kappa shape index (κ3) is 3.94. The molecule has 1 N–H and O–H groups in total. The zero-order valence-electron chi connectivity index (χ0n) is 20.1. The number of anilines is 1. The number of hydrogen-bond acceptors (Lipinski definition) is 8. The summed E-state index contributed by atoms with van der Waals surface area (Å²) in [6.07, 6.45) is -0.724. The van der Waals surface area contributed by atoms with Gasteiger partial charge >= 0.3 is 12.1 Å². The summed E-state index contributed by atoms with van der Waals surface area (Å²) in [6, 6.07) is 11.6. The summed E-state index contributed by atoms with van der Waals surface area (Å²) in [4.78, 5) is 68.4. The second-order valence-electron chi connectivity index (χ2n) is 9.21. The molecule has 2 fully saturated rings. The molecule has 37 heavy (non-hydrogen) atoms. The number of amides is 5. The van der Waals surface area contributed by atoms with E-state index in [1.807, 2.05) is 11.0 Å². The van der Waals surface area contributed by atoms with Crippen molar-refractivity contribution in [1.82, 2.24) is 15.1 Å². The minimum absolute atomic E-state index is 0.00177. The van der Waals surface area contributed by atoms with E-state index in [9.17, 15) is 29.3 Å². The van der Waals surface area contributed by atoms with Gasteiger partial charge in [0.2, 0.25) is 11.8 Å². The van der Waals surface area contributed by atoms with E-state index in [4.69, 9.17) is 4.74 Å². The number of imide groups is 2. The highest BCUT2D eigenvalue weighted by Gasteiger charge is 2.63. The Bertz CT molecular complexity index is 1300. The van der Waals surface area contributed by atoms with Gasteiger partial charge in [-0.15, -0.1) is 0 Å². The molecule has 12 nitrogen and oxygen atoms in total. The van der Waals surface area contributed by atoms with Crippen LogP contribution in [0.3, 0.4) is 0 Å². The topological polar surface area (TPSA) is 142 Å². The van der Waals surface area contributed by atoms with Gasteiger partial charge in [0.05, 0.1) is 24.1 Å². The summed E-state index contributed by atoms with van der Waals surface area (Å²) in [5.41, 5.74) is -0.172. The summed E-state index contributed by atoms with van der Waals surface area (Å²) in [7, 11) is 0. The SMILES string of the molecule is CCOC(=O)N1CCN2c3ccc([N+](=O)[O-])cc3CC3(C(=O)NC(=O)N(Cc4ccccc4)C3=O)C2C1. The van der Waals surface area contributed by atoms with E-state index in [-0.39, 0.29) is 44.9 Å². The lowest BCUT2D eigenvalue weighted by Crippen LogP contribution is -2.75. The Balaban J connectivity index is 1.61. The first-order valence-corrected chi connectivity index (χ1v) is 11.9. The Labute approximate surface area is 211 Å². The quantitative estimate of drug-likeness (QED) is 0.376. The largest absolute Gasteiger partial charge is 0.450 e. The Hall–Kier alpha value is -4.48. The van der Waals surface area contributed by atoms with E-state index in [2.05, 4.69) is 5.32 Å². The van der Waals surface area contributed by atoms with Crippen molar-refractivity contribution in [2.45, 2.75) is 25.9 Å². The van der Waals surface area contributed by atoms with Crippen LogP contribution >= 0.6 is 0 Å². The molecule has 2 aromatic rings. The van der Waals surface area contributed by atoms with Gasteiger partial charge in [-0.1, -0.05) is 30.3 Å². The van der Waals surface area contributed by atoms with Crippen LogP contribution in [0.5, 0.6) is 0 Å². The maximum Gasteiger partial charge on any atom is 0.409 e. The number of ether oxygens (including phenoxy) is 1. The molecule has 3 aliphatic rings. The number of hydrogen-bond donors (Lipinski definition) is 1. The van der Waals surface area contributed by atoms with Crippen molar-refractivity contribution < 1.29 is 28.8 Å². The monoisotopic (exact) mass is 507 g/mol. The fourth-order valence-corrected chi connectivity index (χ4v) is 5.46. The lowest BCUT2D eigenvalue weighted by atomic mass is 9.67. The third-order valence-electron chi connectivity index (χ3n) is 7.21. The minimum atomic E-state index is -1.80. The lowest BCUT2D eigenvalue weighted by Gasteiger charge is -2.55. The first-order valence-electron chi connectivity index (χ1n) is 11.9. The van der Waals surface area contributed by atoms with Crippen LogP contribution in [0.2, 0.25) is 0 Å². The molecule has 2 saturated heterocycles. The fourth-order valence-electron chi connectivity index (χ4n) is 5.46. The number of nitrogens with one attached hydrogen (secondary N) is 1. The summed E-state index contributed by atoms with van der Waals surface area (Å²) in [5, 5.41) is 13.8. The third-order valence-corrected chi connectivity index (χ3v) is 7.21. The number of benzene rings is 2. The molecule has 12 heteroatoms. The van der Waals surface area contributed by atoms with Crippen LogP contribution < -0.4 is 10.2 Å². The van der Waals surface area contributed by atoms with E-state index in [1.54, 1.807) is 37.3 Å². The Morgan fingerprint density at radius 1 is 1.16 bits per heavy atom. The van der Waals surface area contributed by atoms with Gasteiger partial charge in [-0.2, -0.15) is 0 Å². The van der Waals surface area contributed by atoms with E-state index in [1.165, 1.54) is 17.0 Å². The maximum atomic E-state index is 14.2. The molecule has 0 radical (unpaired) electrons. The number of nitro groups is 1. The van der Waals surface area contributed by atoms with Gasteiger partial charge in [0.1, 0.15) is 0 Å². The van der Waals surface area contributed by atoms with Crippen molar-refractivity contribution in [3.05, 3.63) is 69.8 Å². The van der Waals surface area contributed by atoms with Crippen LogP contribution in [0.25, 0.3) is 0 Å². The van der Waals surface area contributed by atoms with Crippen LogP contribution in [0.15, 0.2) is 48.5 Å². The predicted octanol–water partition coefficient (Wildman–Crippen LogP) is 2.06. The standard InChI is InChI=1S/C25H25N5O7/c1-2-37-24(34)27-10-11-28-19-9-8-18(30(35)36)12-17(19)13-25(20(28)15-27)21(31)26-23(33)29(22(25)32)14-16-6-4-3-5-7-16/h3-9,12,20H,2,10-11,13-15H2,1H3,(H,26,31,33). The fraction of sp³-hybridized carbons (Fsp3) is 0.360. The van der Waals surface area contributed by atoms with Gasteiger partial charge in [-0.05, 0) is 24.1 Å². The van der Waals surface area contributed by atoms with Gasteiger partial charge in [-0.25, -0.2) is 9.59 Å². The van der Waals surface area contributed by atoms with Crippen molar-refractivity contribution in [3.63, 3.8) is 0 Å². The van der Waals surface area contributed by atoms with Gasteiger partial charge in [-0.3, -0.25) is 29.9 Å². The first-order chi connectivity index (χ1) is 17.8. The van der Waals surface area contributed by atoms with Crippen molar-refractivity contribution >= 4 is 35.3 Å². The summed E-state index contributed by atoms with van der Waals surface area (Å²) in [5.74, 6) is -1.49. The zero-order valence-corrected chi connectivity index (χ0v) is 20.1. The molecule has 5 rings (SSSR count). The molecule has 3 heterocycles. The second kappa shape index (κ2) is 9.19. The number of carbonyl (C=O) groups excluding carboxylic acids is 4. The highest BCUT2D eigenvalue weighted by molar-refractivity contribution is 6.20. The summed E-state index contributed by atoms with van der Waals surface area (Å²) in [6.45, 7) is 2.33. The molecular formula is C25H25N5O7. The molecule has 0 saturated carbocycles. The van der Waals surface area contributed by atoms with Crippen LogP contribution in [0.1, 0.15) is 18.1 Å². The number of fused-ring (bicyclic) bond motifs is 4.